The Morgan fingerprint density at radius 1 is 1.42 bits per heavy atom. The van der Waals surface area contributed by atoms with E-state index in [4.69, 9.17) is 16.8 Å². The third-order valence-electron chi connectivity index (χ3n) is 1.84. The highest BCUT2D eigenvalue weighted by atomic mass is 35.5. The minimum Gasteiger partial charge on any atom is -0.316 e. The molecular formula is C9H12ClNO. The molecule has 0 heterocycles. The smallest absolute Gasteiger partial charge is 0.0566 e. The summed E-state index contributed by atoms with van der Waals surface area (Å²) in [5, 5.41) is 9.48. The number of rotatable bonds is 3. The Morgan fingerprint density at radius 3 is 2.42 bits per heavy atom. The lowest BCUT2D eigenvalue weighted by molar-refractivity contribution is 0.124. The Morgan fingerprint density at radius 2 is 2.00 bits per heavy atom. The molecule has 0 aromatic heterocycles. The van der Waals surface area contributed by atoms with Crippen molar-refractivity contribution in [3.8, 4) is 0 Å². The van der Waals surface area contributed by atoms with E-state index in [-0.39, 0.29) is 6.04 Å². The van der Waals surface area contributed by atoms with Crippen LogP contribution in [0.25, 0.3) is 0 Å². The normalized spacial score (nSPS) is 12.9. The van der Waals surface area contributed by atoms with E-state index in [2.05, 4.69) is 5.48 Å². The van der Waals surface area contributed by atoms with E-state index < -0.39 is 0 Å². The lowest BCUT2D eigenvalue weighted by Crippen LogP contribution is -2.15. The van der Waals surface area contributed by atoms with Crippen LogP contribution in [-0.4, -0.2) is 5.21 Å². The topological polar surface area (TPSA) is 32.3 Å². The summed E-state index contributed by atoms with van der Waals surface area (Å²) in [5.41, 5.74) is 3.29. The first-order valence-corrected chi connectivity index (χ1v) is 4.30. The molecule has 0 saturated heterocycles. The Labute approximate surface area is 77.1 Å². The van der Waals surface area contributed by atoms with E-state index in [1.165, 1.54) is 0 Å². The van der Waals surface area contributed by atoms with Crippen LogP contribution >= 0.6 is 11.6 Å². The number of hydrogen-bond acceptors (Lipinski definition) is 2. The van der Waals surface area contributed by atoms with Crippen LogP contribution in [0.15, 0.2) is 24.3 Å². The van der Waals surface area contributed by atoms with Crippen molar-refractivity contribution in [1.82, 2.24) is 5.48 Å². The van der Waals surface area contributed by atoms with Crippen LogP contribution in [0.1, 0.15) is 24.9 Å². The fourth-order valence-corrected chi connectivity index (χ4v) is 1.22. The van der Waals surface area contributed by atoms with E-state index >= 15 is 0 Å². The van der Waals surface area contributed by atoms with Gasteiger partial charge in [-0.3, -0.25) is 0 Å². The number of nitrogens with one attached hydrogen (secondary N) is 1. The van der Waals surface area contributed by atoms with Gasteiger partial charge in [-0.1, -0.05) is 30.7 Å². The number of halogens is 1. The molecule has 1 atom stereocenters. The first-order chi connectivity index (χ1) is 5.77. The summed E-state index contributed by atoms with van der Waals surface area (Å²) in [4.78, 5) is 0. The largest absolute Gasteiger partial charge is 0.316 e. The first-order valence-electron chi connectivity index (χ1n) is 3.93. The first kappa shape index (κ1) is 9.52. The summed E-state index contributed by atoms with van der Waals surface area (Å²) in [6, 6.07) is 7.44. The minimum atomic E-state index is 0.00210. The highest BCUT2D eigenvalue weighted by Gasteiger charge is 2.05. The van der Waals surface area contributed by atoms with Crippen LogP contribution < -0.4 is 5.48 Å². The molecule has 0 saturated carbocycles. The van der Waals surface area contributed by atoms with Gasteiger partial charge in [0.2, 0.25) is 0 Å². The lowest BCUT2D eigenvalue weighted by atomic mass is 10.1. The van der Waals surface area contributed by atoms with E-state index in [1.807, 2.05) is 31.2 Å². The zero-order valence-corrected chi connectivity index (χ0v) is 7.67. The molecule has 0 radical (unpaired) electrons. The maximum atomic E-state index is 8.77. The molecule has 0 amide bonds. The van der Waals surface area contributed by atoms with E-state index in [0.717, 1.165) is 12.0 Å². The zero-order valence-electron chi connectivity index (χ0n) is 6.92. The van der Waals surface area contributed by atoms with Gasteiger partial charge in [0.1, 0.15) is 0 Å². The van der Waals surface area contributed by atoms with Crippen molar-refractivity contribution in [2.75, 3.05) is 0 Å². The zero-order chi connectivity index (χ0) is 8.97. The number of hydrogen-bond donors (Lipinski definition) is 2. The van der Waals surface area contributed by atoms with Gasteiger partial charge in [0.05, 0.1) is 6.04 Å². The summed E-state index contributed by atoms with van der Waals surface area (Å²) < 4.78 is 0. The molecule has 12 heavy (non-hydrogen) atoms. The fraction of sp³-hybridized carbons (Fsp3) is 0.333. The van der Waals surface area contributed by atoms with Gasteiger partial charge in [-0.15, -0.1) is 0 Å². The van der Waals surface area contributed by atoms with Crippen molar-refractivity contribution in [1.29, 1.82) is 0 Å². The predicted octanol–water partition coefficient (Wildman–Crippen LogP) is 2.77. The second-order valence-electron chi connectivity index (χ2n) is 2.64. The molecule has 0 bridgehead atoms. The van der Waals surface area contributed by atoms with Crippen molar-refractivity contribution >= 4 is 11.6 Å². The second kappa shape index (κ2) is 4.45. The molecule has 2 N–H and O–H groups in total. The van der Waals surface area contributed by atoms with Crippen LogP contribution in [0, 0.1) is 0 Å². The van der Waals surface area contributed by atoms with Crippen LogP contribution in [-0.2, 0) is 0 Å². The summed E-state index contributed by atoms with van der Waals surface area (Å²) in [7, 11) is 0. The van der Waals surface area contributed by atoms with Crippen LogP contribution in [0.3, 0.4) is 0 Å². The molecule has 1 aromatic rings. The molecule has 66 valence electrons. The van der Waals surface area contributed by atoms with Gasteiger partial charge in [0, 0.05) is 5.02 Å². The van der Waals surface area contributed by atoms with Gasteiger partial charge in [0.25, 0.3) is 0 Å². The average molecular weight is 186 g/mol. The van der Waals surface area contributed by atoms with Crippen LogP contribution in [0.5, 0.6) is 0 Å². The van der Waals surface area contributed by atoms with Gasteiger partial charge in [-0.2, -0.15) is 5.48 Å². The van der Waals surface area contributed by atoms with Crippen LogP contribution in [0.4, 0.5) is 0 Å². The highest BCUT2D eigenvalue weighted by molar-refractivity contribution is 6.30. The quantitative estimate of drug-likeness (QED) is 0.710. The molecule has 1 rings (SSSR count). The summed E-state index contributed by atoms with van der Waals surface area (Å²) in [6.45, 7) is 2.00. The van der Waals surface area contributed by atoms with Crippen molar-refractivity contribution in [3.05, 3.63) is 34.9 Å². The standard InChI is InChI=1S/C9H12ClNO/c1-2-9(11-12)7-3-5-8(10)6-4-7/h3-6,9,11-12H,2H2,1H3/t9-/m0/s1. The Balaban J connectivity index is 2.80. The third-order valence-corrected chi connectivity index (χ3v) is 2.09. The Hall–Kier alpha value is -0.570. The van der Waals surface area contributed by atoms with Gasteiger partial charge < -0.3 is 5.21 Å². The molecule has 0 aliphatic carbocycles. The van der Waals surface area contributed by atoms with Crippen molar-refractivity contribution in [2.24, 2.45) is 0 Å². The fourth-order valence-electron chi connectivity index (χ4n) is 1.10. The average Bonchev–Trinajstić information content (AvgIpc) is 2.10. The molecule has 2 nitrogen and oxygen atoms in total. The van der Waals surface area contributed by atoms with Crippen molar-refractivity contribution < 1.29 is 5.21 Å². The second-order valence-corrected chi connectivity index (χ2v) is 3.08. The molecule has 3 heteroatoms. The highest BCUT2D eigenvalue weighted by Crippen LogP contribution is 2.18. The maximum Gasteiger partial charge on any atom is 0.0566 e. The molecule has 0 fully saturated rings. The summed E-state index contributed by atoms with van der Waals surface area (Å²) in [5.74, 6) is 0. The van der Waals surface area contributed by atoms with Crippen LogP contribution in [0.2, 0.25) is 5.02 Å². The molecule has 0 spiro atoms. The van der Waals surface area contributed by atoms with Gasteiger partial charge in [0.15, 0.2) is 0 Å². The Bertz CT molecular complexity index is 231. The monoisotopic (exact) mass is 185 g/mol. The number of hydroxylamine groups is 1. The maximum absolute atomic E-state index is 8.77. The third kappa shape index (κ3) is 2.21. The Kier molecular flexibility index (Phi) is 3.53. The molecule has 1 aromatic carbocycles. The van der Waals surface area contributed by atoms with Gasteiger partial charge >= 0.3 is 0 Å². The van der Waals surface area contributed by atoms with E-state index in [0.29, 0.717) is 5.02 Å². The number of benzene rings is 1. The van der Waals surface area contributed by atoms with Gasteiger partial charge in [-0.05, 0) is 24.1 Å². The molecule has 0 aliphatic rings. The van der Waals surface area contributed by atoms with Crippen molar-refractivity contribution in [3.63, 3.8) is 0 Å². The van der Waals surface area contributed by atoms with E-state index in [1.54, 1.807) is 0 Å². The summed E-state index contributed by atoms with van der Waals surface area (Å²) in [6.07, 6.45) is 0.845. The van der Waals surface area contributed by atoms with Crippen molar-refractivity contribution in [2.45, 2.75) is 19.4 Å². The predicted molar refractivity (Wildman–Crippen MR) is 49.4 cm³/mol. The minimum absolute atomic E-state index is 0.00210. The summed E-state index contributed by atoms with van der Waals surface area (Å²) >= 11 is 5.72. The lowest BCUT2D eigenvalue weighted by Gasteiger charge is -2.12. The van der Waals surface area contributed by atoms with E-state index in [9.17, 15) is 0 Å². The molecule has 0 aliphatic heterocycles. The molecular weight excluding hydrogens is 174 g/mol. The van der Waals surface area contributed by atoms with Gasteiger partial charge in [-0.25, -0.2) is 0 Å². The SMILES string of the molecule is CC[C@H](NO)c1ccc(Cl)cc1. The molecule has 0 unspecified atom stereocenters.